The highest BCUT2D eigenvalue weighted by atomic mass is 35.5. The van der Waals surface area contributed by atoms with Crippen molar-refractivity contribution in [3.8, 4) is 0 Å². The van der Waals surface area contributed by atoms with Gasteiger partial charge in [-0.15, -0.1) is 0 Å². The lowest BCUT2D eigenvalue weighted by molar-refractivity contribution is -0.117. The average Bonchev–Trinajstić information content (AvgIpc) is 3.03. The number of hydrogen-bond donors (Lipinski definition) is 1. The van der Waals surface area contributed by atoms with Crippen LogP contribution in [0.25, 0.3) is 0 Å². The summed E-state index contributed by atoms with van der Waals surface area (Å²) in [5.41, 5.74) is 3.09. The lowest BCUT2D eigenvalue weighted by Gasteiger charge is -2.18. The zero-order chi connectivity index (χ0) is 17.8. The Morgan fingerprint density at radius 1 is 1.20 bits per heavy atom. The van der Waals surface area contributed by atoms with Gasteiger partial charge in [0, 0.05) is 24.2 Å². The molecule has 0 unspecified atom stereocenters. The third kappa shape index (κ3) is 4.02. The first-order valence-corrected chi connectivity index (χ1v) is 8.96. The van der Waals surface area contributed by atoms with Gasteiger partial charge in [0.1, 0.15) is 0 Å². The highest BCUT2D eigenvalue weighted by Gasteiger charge is 2.24. The summed E-state index contributed by atoms with van der Waals surface area (Å²) < 4.78 is 0. The lowest BCUT2D eigenvalue weighted by atomic mass is 10.1. The Labute approximate surface area is 152 Å². The van der Waals surface area contributed by atoms with E-state index in [1.165, 1.54) is 5.56 Å². The molecule has 3 rings (SSSR count). The molecule has 25 heavy (non-hydrogen) atoms. The number of hydrogen-bond acceptors (Lipinski definition) is 2. The number of anilines is 2. The van der Waals surface area contributed by atoms with Crippen molar-refractivity contribution in [2.45, 2.75) is 32.6 Å². The van der Waals surface area contributed by atoms with E-state index in [2.05, 4.69) is 12.2 Å². The van der Waals surface area contributed by atoms with E-state index < -0.39 is 0 Å². The van der Waals surface area contributed by atoms with E-state index in [-0.39, 0.29) is 11.8 Å². The maximum Gasteiger partial charge on any atom is 0.255 e. The molecular formula is C20H21ClN2O2. The molecular weight excluding hydrogens is 336 g/mol. The molecule has 0 aromatic heterocycles. The van der Waals surface area contributed by atoms with Crippen molar-refractivity contribution in [2.75, 3.05) is 16.8 Å². The van der Waals surface area contributed by atoms with Crippen LogP contribution in [-0.4, -0.2) is 18.4 Å². The van der Waals surface area contributed by atoms with Gasteiger partial charge in [0.05, 0.1) is 10.7 Å². The van der Waals surface area contributed by atoms with Crippen molar-refractivity contribution in [1.82, 2.24) is 0 Å². The van der Waals surface area contributed by atoms with Crippen LogP contribution in [0.3, 0.4) is 0 Å². The zero-order valence-corrected chi connectivity index (χ0v) is 15.0. The number of halogens is 1. The molecule has 130 valence electrons. The fourth-order valence-corrected chi connectivity index (χ4v) is 3.23. The fraction of sp³-hybridized carbons (Fsp3) is 0.300. The van der Waals surface area contributed by atoms with Crippen LogP contribution in [0, 0.1) is 0 Å². The average molecular weight is 357 g/mol. The highest BCUT2D eigenvalue weighted by molar-refractivity contribution is 6.34. The summed E-state index contributed by atoms with van der Waals surface area (Å²) in [6.45, 7) is 2.78. The van der Waals surface area contributed by atoms with Gasteiger partial charge in [0.15, 0.2) is 0 Å². The minimum Gasteiger partial charge on any atom is -0.322 e. The van der Waals surface area contributed by atoms with E-state index in [9.17, 15) is 9.59 Å². The maximum atomic E-state index is 12.5. The predicted octanol–water partition coefficient (Wildman–Crippen LogP) is 4.67. The van der Waals surface area contributed by atoms with E-state index in [0.717, 1.165) is 24.9 Å². The van der Waals surface area contributed by atoms with Gasteiger partial charge in [-0.3, -0.25) is 9.59 Å². The normalized spacial score (nSPS) is 14.0. The van der Waals surface area contributed by atoms with Gasteiger partial charge in [-0.2, -0.15) is 0 Å². The number of amides is 2. The van der Waals surface area contributed by atoms with E-state index in [4.69, 9.17) is 11.6 Å². The van der Waals surface area contributed by atoms with Gasteiger partial charge >= 0.3 is 0 Å². The van der Waals surface area contributed by atoms with E-state index in [1.807, 2.05) is 24.3 Å². The van der Waals surface area contributed by atoms with E-state index in [0.29, 0.717) is 29.2 Å². The Hall–Kier alpha value is -2.33. The van der Waals surface area contributed by atoms with Crippen molar-refractivity contribution in [3.63, 3.8) is 0 Å². The number of carbonyl (C=O) groups is 2. The molecule has 1 saturated heterocycles. The Bertz CT molecular complexity index is 787. The molecule has 2 aromatic carbocycles. The van der Waals surface area contributed by atoms with Crippen molar-refractivity contribution in [3.05, 3.63) is 58.6 Å². The largest absolute Gasteiger partial charge is 0.322 e. The van der Waals surface area contributed by atoms with E-state index >= 15 is 0 Å². The SMILES string of the molecule is CCCc1ccc(NC(=O)c2ccc(Cl)c(N3CCCC3=O)c2)cc1. The summed E-state index contributed by atoms with van der Waals surface area (Å²) in [4.78, 5) is 26.1. The third-order valence-electron chi connectivity index (χ3n) is 4.32. The molecule has 0 radical (unpaired) electrons. The van der Waals surface area contributed by atoms with Crippen LogP contribution in [0.2, 0.25) is 5.02 Å². The zero-order valence-electron chi connectivity index (χ0n) is 14.2. The second-order valence-electron chi connectivity index (χ2n) is 6.22. The first-order chi connectivity index (χ1) is 12.1. The second-order valence-corrected chi connectivity index (χ2v) is 6.62. The number of nitrogens with zero attached hydrogens (tertiary/aromatic N) is 1. The molecule has 0 spiro atoms. The van der Waals surface area contributed by atoms with Crippen LogP contribution in [-0.2, 0) is 11.2 Å². The molecule has 0 saturated carbocycles. The lowest BCUT2D eigenvalue weighted by Crippen LogP contribution is -2.24. The monoisotopic (exact) mass is 356 g/mol. The van der Waals surface area contributed by atoms with Gasteiger partial charge in [0.2, 0.25) is 5.91 Å². The van der Waals surface area contributed by atoms with Crippen LogP contribution in [0.1, 0.15) is 42.1 Å². The highest BCUT2D eigenvalue weighted by Crippen LogP contribution is 2.30. The number of benzene rings is 2. The number of aryl methyl sites for hydroxylation is 1. The Balaban J connectivity index is 1.76. The fourth-order valence-electron chi connectivity index (χ4n) is 3.01. The minimum atomic E-state index is -0.215. The molecule has 0 aliphatic carbocycles. The molecule has 1 N–H and O–H groups in total. The smallest absolute Gasteiger partial charge is 0.255 e. The maximum absolute atomic E-state index is 12.5. The first-order valence-electron chi connectivity index (χ1n) is 8.58. The Kier molecular flexibility index (Phi) is 5.39. The van der Waals surface area contributed by atoms with Gasteiger partial charge in [-0.25, -0.2) is 0 Å². The van der Waals surface area contributed by atoms with E-state index in [1.54, 1.807) is 23.1 Å². The molecule has 5 heteroatoms. The van der Waals surface area contributed by atoms with Crippen molar-refractivity contribution in [1.29, 1.82) is 0 Å². The summed E-state index contributed by atoms with van der Waals surface area (Å²) in [5.74, 6) is -0.168. The van der Waals surface area contributed by atoms with Crippen molar-refractivity contribution in [2.24, 2.45) is 0 Å². The summed E-state index contributed by atoms with van der Waals surface area (Å²) in [6, 6.07) is 12.9. The third-order valence-corrected chi connectivity index (χ3v) is 4.64. The van der Waals surface area contributed by atoms with Gasteiger partial charge in [-0.05, 0) is 48.7 Å². The molecule has 1 heterocycles. The predicted molar refractivity (Wildman–Crippen MR) is 101 cm³/mol. The van der Waals surface area contributed by atoms with Crippen LogP contribution in [0.15, 0.2) is 42.5 Å². The molecule has 0 atom stereocenters. The quantitative estimate of drug-likeness (QED) is 0.846. The molecule has 0 bridgehead atoms. The summed E-state index contributed by atoms with van der Waals surface area (Å²) in [7, 11) is 0. The van der Waals surface area contributed by atoms with Gasteiger partial charge < -0.3 is 10.2 Å². The van der Waals surface area contributed by atoms with Gasteiger partial charge in [0.25, 0.3) is 5.91 Å². The summed E-state index contributed by atoms with van der Waals surface area (Å²) in [6.07, 6.45) is 3.46. The summed E-state index contributed by atoms with van der Waals surface area (Å²) >= 11 is 6.23. The van der Waals surface area contributed by atoms with Crippen molar-refractivity contribution < 1.29 is 9.59 Å². The van der Waals surface area contributed by atoms with Crippen LogP contribution < -0.4 is 10.2 Å². The molecule has 4 nitrogen and oxygen atoms in total. The topological polar surface area (TPSA) is 49.4 Å². The standard InChI is InChI=1S/C20H21ClN2O2/c1-2-4-14-6-9-16(10-7-14)22-20(25)15-8-11-17(21)18(13-15)23-12-3-5-19(23)24/h6-11,13H,2-5,12H2,1H3,(H,22,25). The Morgan fingerprint density at radius 3 is 2.60 bits per heavy atom. The van der Waals surface area contributed by atoms with Crippen LogP contribution in [0.4, 0.5) is 11.4 Å². The van der Waals surface area contributed by atoms with Crippen molar-refractivity contribution >= 4 is 34.8 Å². The molecule has 1 aliphatic rings. The number of carbonyl (C=O) groups excluding carboxylic acids is 2. The minimum absolute atomic E-state index is 0.0472. The molecule has 2 amide bonds. The molecule has 2 aromatic rings. The Morgan fingerprint density at radius 2 is 1.96 bits per heavy atom. The van der Waals surface area contributed by atoms with Crippen LogP contribution >= 0.6 is 11.6 Å². The second kappa shape index (κ2) is 7.70. The van der Waals surface area contributed by atoms with Gasteiger partial charge in [-0.1, -0.05) is 37.1 Å². The first kappa shape index (κ1) is 17.5. The summed E-state index contributed by atoms with van der Waals surface area (Å²) in [5, 5.41) is 3.37. The molecule has 1 aliphatic heterocycles. The number of nitrogens with one attached hydrogen (secondary N) is 1. The van der Waals surface area contributed by atoms with Crippen LogP contribution in [0.5, 0.6) is 0 Å². The number of rotatable bonds is 5. The molecule has 1 fully saturated rings.